The standard InChI is InChI=1S/C16H14ClN3OS/c17-13-7-9-6-12(20-16(9)22-13)15(21)19-11-5-8-3-1-2-4-10(8)14(11)18/h1-4,6-7,11,14,20H,5,18H2,(H,19,21). The number of thiophene rings is 1. The van der Waals surface area contributed by atoms with Crippen molar-refractivity contribution in [1.29, 1.82) is 0 Å². The molecule has 0 radical (unpaired) electrons. The minimum absolute atomic E-state index is 0.0742. The molecule has 0 spiro atoms. The molecule has 2 heterocycles. The van der Waals surface area contributed by atoms with E-state index in [1.807, 2.05) is 30.3 Å². The van der Waals surface area contributed by atoms with E-state index < -0.39 is 0 Å². The van der Waals surface area contributed by atoms with E-state index in [9.17, 15) is 4.79 Å². The largest absolute Gasteiger partial charge is 0.346 e. The Morgan fingerprint density at radius 1 is 1.36 bits per heavy atom. The molecule has 2 aromatic heterocycles. The number of rotatable bonds is 2. The molecule has 6 heteroatoms. The zero-order chi connectivity index (χ0) is 15.3. The monoisotopic (exact) mass is 331 g/mol. The number of carbonyl (C=O) groups excluding carboxylic acids is 1. The van der Waals surface area contributed by atoms with E-state index in [1.54, 1.807) is 0 Å². The molecule has 2 atom stereocenters. The fraction of sp³-hybridized carbons (Fsp3) is 0.188. The van der Waals surface area contributed by atoms with Crippen LogP contribution in [0, 0.1) is 0 Å². The number of nitrogens with one attached hydrogen (secondary N) is 2. The fourth-order valence-corrected chi connectivity index (χ4v) is 4.15. The van der Waals surface area contributed by atoms with Crippen LogP contribution < -0.4 is 11.1 Å². The van der Waals surface area contributed by atoms with Crippen molar-refractivity contribution in [2.75, 3.05) is 0 Å². The SMILES string of the molecule is NC1c2ccccc2CC1NC(=O)c1cc2cc(Cl)sc2[nH]1. The van der Waals surface area contributed by atoms with Crippen molar-refractivity contribution in [2.24, 2.45) is 5.73 Å². The van der Waals surface area contributed by atoms with Gasteiger partial charge in [-0.25, -0.2) is 0 Å². The van der Waals surface area contributed by atoms with Crippen molar-refractivity contribution >= 4 is 39.1 Å². The second-order valence-corrected chi connectivity index (χ2v) is 7.21. The minimum atomic E-state index is -0.161. The molecule has 4 nitrogen and oxygen atoms in total. The number of fused-ring (bicyclic) bond motifs is 2. The van der Waals surface area contributed by atoms with Crippen LogP contribution in [-0.4, -0.2) is 16.9 Å². The summed E-state index contributed by atoms with van der Waals surface area (Å²) in [5.41, 5.74) is 9.12. The summed E-state index contributed by atoms with van der Waals surface area (Å²) in [7, 11) is 0. The van der Waals surface area contributed by atoms with Crippen molar-refractivity contribution in [1.82, 2.24) is 10.3 Å². The van der Waals surface area contributed by atoms with E-state index in [1.165, 1.54) is 16.9 Å². The Hall–Kier alpha value is -1.82. The predicted octanol–water partition coefficient (Wildman–Crippen LogP) is 3.24. The highest BCUT2D eigenvalue weighted by molar-refractivity contribution is 7.22. The van der Waals surface area contributed by atoms with Gasteiger partial charge in [0.2, 0.25) is 0 Å². The summed E-state index contributed by atoms with van der Waals surface area (Å²) in [6.45, 7) is 0. The molecule has 112 valence electrons. The van der Waals surface area contributed by atoms with Crippen LogP contribution in [0.1, 0.15) is 27.7 Å². The van der Waals surface area contributed by atoms with E-state index in [-0.39, 0.29) is 18.0 Å². The van der Waals surface area contributed by atoms with Crippen LogP contribution in [0.5, 0.6) is 0 Å². The van der Waals surface area contributed by atoms with Crippen LogP contribution in [0.4, 0.5) is 0 Å². The maximum Gasteiger partial charge on any atom is 0.268 e. The number of hydrogen-bond donors (Lipinski definition) is 3. The molecular formula is C16H14ClN3OS. The number of halogens is 1. The van der Waals surface area contributed by atoms with Gasteiger partial charge in [0.15, 0.2) is 0 Å². The first-order chi connectivity index (χ1) is 10.6. The number of amides is 1. The first kappa shape index (κ1) is 13.8. The Balaban J connectivity index is 1.54. The molecule has 4 N–H and O–H groups in total. The second kappa shape index (κ2) is 5.12. The quantitative estimate of drug-likeness (QED) is 0.674. The molecule has 1 aromatic carbocycles. The van der Waals surface area contributed by atoms with Crippen molar-refractivity contribution in [3.8, 4) is 0 Å². The Kier molecular flexibility index (Phi) is 3.22. The van der Waals surface area contributed by atoms with Gasteiger partial charge >= 0.3 is 0 Å². The van der Waals surface area contributed by atoms with E-state index in [0.717, 1.165) is 22.2 Å². The highest BCUT2D eigenvalue weighted by Crippen LogP contribution is 2.31. The number of carbonyl (C=O) groups is 1. The highest BCUT2D eigenvalue weighted by atomic mass is 35.5. The molecule has 0 bridgehead atoms. The average Bonchev–Trinajstić information content (AvgIpc) is 3.12. The molecule has 3 aromatic rings. The van der Waals surface area contributed by atoms with E-state index in [2.05, 4.69) is 16.4 Å². The van der Waals surface area contributed by atoms with Gasteiger partial charge in [0.05, 0.1) is 16.4 Å². The maximum atomic E-state index is 12.4. The van der Waals surface area contributed by atoms with Gasteiger partial charge in [-0.05, 0) is 29.7 Å². The van der Waals surface area contributed by atoms with E-state index in [0.29, 0.717) is 10.0 Å². The predicted molar refractivity (Wildman–Crippen MR) is 89.5 cm³/mol. The molecule has 2 unspecified atom stereocenters. The average molecular weight is 332 g/mol. The number of aromatic nitrogens is 1. The lowest BCUT2D eigenvalue weighted by atomic mass is 10.1. The van der Waals surface area contributed by atoms with Crippen LogP contribution in [0.2, 0.25) is 4.34 Å². The maximum absolute atomic E-state index is 12.4. The summed E-state index contributed by atoms with van der Waals surface area (Å²) >= 11 is 7.37. The third-order valence-electron chi connectivity index (χ3n) is 4.13. The molecule has 1 amide bonds. The highest BCUT2D eigenvalue weighted by Gasteiger charge is 2.30. The smallest absolute Gasteiger partial charge is 0.268 e. The molecule has 0 saturated carbocycles. The lowest BCUT2D eigenvalue weighted by molar-refractivity contribution is 0.0929. The molecule has 0 saturated heterocycles. The number of benzene rings is 1. The number of nitrogens with two attached hydrogens (primary N) is 1. The Bertz CT molecular complexity index is 838. The van der Waals surface area contributed by atoms with Gasteiger partial charge in [0.25, 0.3) is 5.91 Å². The van der Waals surface area contributed by atoms with Gasteiger partial charge in [-0.3, -0.25) is 4.79 Å². The van der Waals surface area contributed by atoms with Crippen molar-refractivity contribution in [3.63, 3.8) is 0 Å². The van der Waals surface area contributed by atoms with Crippen LogP contribution >= 0.6 is 22.9 Å². The zero-order valence-electron chi connectivity index (χ0n) is 11.6. The Morgan fingerprint density at radius 3 is 2.95 bits per heavy atom. The third-order valence-corrected chi connectivity index (χ3v) is 5.32. The lowest BCUT2D eigenvalue weighted by Gasteiger charge is -2.17. The van der Waals surface area contributed by atoms with Gasteiger partial charge in [-0.1, -0.05) is 35.9 Å². The van der Waals surface area contributed by atoms with E-state index >= 15 is 0 Å². The Labute approximate surface area is 136 Å². The van der Waals surface area contributed by atoms with Crippen LogP contribution in [0.3, 0.4) is 0 Å². The van der Waals surface area contributed by atoms with Crippen LogP contribution in [0.25, 0.3) is 10.2 Å². The molecule has 0 aliphatic heterocycles. The second-order valence-electron chi connectivity index (χ2n) is 5.53. The molecule has 1 aliphatic carbocycles. The summed E-state index contributed by atoms with van der Waals surface area (Å²) in [5.74, 6) is -0.132. The van der Waals surface area contributed by atoms with Crippen molar-refractivity contribution in [3.05, 3.63) is 57.6 Å². The van der Waals surface area contributed by atoms with Crippen molar-refractivity contribution < 1.29 is 4.79 Å². The first-order valence-electron chi connectivity index (χ1n) is 7.04. The molecule has 4 rings (SSSR count). The van der Waals surface area contributed by atoms with Gasteiger partial charge in [0.1, 0.15) is 10.5 Å². The number of H-pyrrole nitrogens is 1. The molecule has 0 fully saturated rings. The number of aromatic amines is 1. The van der Waals surface area contributed by atoms with Crippen LogP contribution in [0.15, 0.2) is 36.4 Å². The summed E-state index contributed by atoms with van der Waals surface area (Å²) in [6, 6.07) is 11.5. The van der Waals surface area contributed by atoms with Gasteiger partial charge < -0.3 is 16.0 Å². The molecular weight excluding hydrogens is 318 g/mol. The summed E-state index contributed by atoms with van der Waals surface area (Å²) in [6.07, 6.45) is 0.768. The summed E-state index contributed by atoms with van der Waals surface area (Å²) < 4.78 is 0.710. The minimum Gasteiger partial charge on any atom is -0.346 e. The topological polar surface area (TPSA) is 70.9 Å². The molecule has 1 aliphatic rings. The summed E-state index contributed by atoms with van der Waals surface area (Å²) in [4.78, 5) is 16.4. The van der Waals surface area contributed by atoms with E-state index in [4.69, 9.17) is 17.3 Å². The van der Waals surface area contributed by atoms with Gasteiger partial charge in [-0.15, -0.1) is 11.3 Å². The van der Waals surface area contributed by atoms with Gasteiger partial charge in [0, 0.05) is 5.39 Å². The third kappa shape index (κ3) is 2.22. The first-order valence-corrected chi connectivity index (χ1v) is 8.23. The summed E-state index contributed by atoms with van der Waals surface area (Å²) in [5, 5.41) is 3.99. The zero-order valence-corrected chi connectivity index (χ0v) is 13.2. The molecule has 22 heavy (non-hydrogen) atoms. The lowest BCUT2D eigenvalue weighted by Crippen LogP contribution is -2.40. The number of hydrogen-bond acceptors (Lipinski definition) is 3. The normalized spacial score (nSPS) is 20.3. The van der Waals surface area contributed by atoms with Crippen molar-refractivity contribution in [2.45, 2.75) is 18.5 Å². The fourth-order valence-electron chi connectivity index (χ4n) is 3.03. The van der Waals surface area contributed by atoms with Crippen LogP contribution in [-0.2, 0) is 6.42 Å². The van der Waals surface area contributed by atoms with Gasteiger partial charge in [-0.2, -0.15) is 0 Å². The Morgan fingerprint density at radius 2 is 2.18 bits per heavy atom.